The predicted molar refractivity (Wildman–Crippen MR) is 80.1 cm³/mol. The van der Waals surface area contributed by atoms with Crippen LogP contribution >= 0.6 is 0 Å². The molecule has 0 saturated heterocycles. The Bertz CT molecular complexity index is 241. The zero-order valence-corrected chi connectivity index (χ0v) is 15.6. The Hall–Kier alpha value is -2.59. The van der Waals surface area contributed by atoms with E-state index in [1.54, 1.807) is 0 Å². The van der Waals surface area contributed by atoms with E-state index >= 15 is 0 Å². The number of nitrogens with zero attached hydrogens (tertiary/aromatic N) is 4. The van der Waals surface area contributed by atoms with Gasteiger partial charge in [0.15, 0.2) is 0 Å². The molecule has 0 heterocycles. The Morgan fingerprint density at radius 3 is 0.520 bits per heavy atom. The van der Waals surface area contributed by atoms with Crippen molar-refractivity contribution < 1.29 is 41.4 Å². The van der Waals surface area contributed by atoms with E-state index < -0.39 is 20.3 Å². The molecular weight excluding hydrogens is 543 g/mol. The van der Waals surface area contributed by atoms with Crippen molar-refractivity contribution in [2.75, 3.05) is 0 Å². The van der Waals surface area contributed by atoms with Gasteiger partial charge in [0.1, 0.15) is 0 Å². The maximum Gasteiger partial charge on any atom is 4.00 e. The van der Waals surface area contributed by atoms with E-state index in [4.69, 9.17) is 72.8 Å². The first kappa shape index (κ1) is 43.3. The molecule has 0 fully saturated rings. The van der Waals surface area contributed by atoms with E-state index in [-0.39, 0.29) is 21.1 Å². The monoisotopic (exact) mass is 561 g/mol. The summed E-state index contributed by atoms with van der Waals surface area (Å²) in [4.78, 5) is 33.0. The Kier molecular flexibility index (Phi) is 65.0. The minimum absolute atomic E-state index is 0. The van der Waals surface area contributed by atoms with Gasteiger partial charge in [0, 0.05) is 0 Å². The van der Waals surface area contributed by atoms with Crippen LogP contribution in [0.4, 0.5) is 0 Å². The average molecular weight is 561 g/mol. The molecule has 0 aromatic carbocycles. The van der Waals surface area contributed by atoms with Gasteiger partial charge >= 0.3 is 21.1 Å². The van der Waals surface area contributed by atoms with Crippen molar-refractivity contribution in [1.82, 2.24) is 0 Å². The first-order valence-corrected chi connectivity index (χ1v) is 5.17. The van der Waals surface area contributed by atoms with Gasteiger partial charge in [0.25, 0.3) is 0 Å². The van der Waals surface area contributed by atoms with Gasteiger partial charge in [-0.05, 0) is 12.1 Å². The molecule has 19 heteroatoms. The maximum atomic E-state index is 8.25. The van der Waals surface area contributed by atoms with Crippen molar-refractivity contribution in [2.45, 2.75) is 39.8 Å². The van der Waals surface area contributed by atoms with Gasteiger partial charge in [-0.15, -0.1) is 0 Å². The minimum atomic E-state index is -1.75. The second kappa shape index (κ2) is 37.6. The van der Waals surface area contributed by atoms with Crippen LogP contribution < -0.4 is 11.5 Å². The van der Waals surface area contributed by atoms with Crippen molar-refractivity contribution in [3.05, 3.63) is 61.3 Å². The molecule has 0 amide bonds. The molecule has 0 saturated carbocycles. The number of hydrogen-bond acceptors (Lipinski definition) is 14. The summed E-state index contributed by atoms with van der Waals surface area (Å²) in [6, 6.07) is 0.667. The normalized spacial score (nSPS) is 6.72. The summed E-state index contributed by atoms with van der Waals surface area (Å²) in [5.74, 6) is 0. The third kappa shape index (κ3) is 1200. The number of nitrogens with two attached hydrogens (primary N) is 2. The Labute approximate surface area is 154 Å². The van der Waals surface area contributed by atoms with Gasteiger partial charge < -0.3 is 72.8 Å². The summed E-state index contributed by atoms with van der Waals surface area (Å²) < 4.78 is 0. The molecule has 0 rings (SSSR count). The molecule has 0 unspecified atom stereocenters. The molecule has 0 bridgehead atoms. The van der Waals surface area contributed by atoms with Gasteiger partial charge in [-0.3, -0.25) is 0 Å². The molecular formula is C6H18N6O12Pt. The molecule has 0 radical (unpaired) electrons. The van der Waals surface area contributed by atoms with Crippen molar-refractivity contribution in [3.8, 4) is 0 Å². The van der Waals surface area contributed by atoms with E-state index in [0.717, 1.165) is 0 Å². The van der Waals surface area contributed by atoms with E-state index in [1.165, 1.54) is 0 Å². The summed E-state index contributed by atoms with van der Waals surface area (Å²) in [5.41, 5.74) is 10.2. The quantitative estimate of drug-likeness (QED) is 0.284. The van der Waals surface area contributed by atoms with Crippen LogP contribution in [-0.2, 0) is 21.1 Å². The largest absolute Gasteiger partial charge is 4.00 e. The average Bonchev–Trinajstić information content (AvgIpc) is 2.08. The van der Waals surface area contributed by atoms with E-state index in [9.17, 15) is 0 Å². The van der Waals surface area contributed by atoms with E-state index in [1.807, 2.05) is 27.7 Å². The second-order valence-corrected chi connectivity index (χ2v) is 3.38. The standard InChI is InChI=1S/2C3H9N.4NO3.Pt/c2*1-3(2)4;4*2-1(3)4;/h2*3H,4H2,1-2H3;;;;;/q;;4*-1;+4. The van der Waals surface area contributed by atoms with Crippen molar-refractivity contribution >= 4 is 0 Å². The van der Waals surface area contributed by atoms with Crippen molar-refractivity contribution in [1.29, 1.82) is 0 Å². The van der Waals surface area contributed by atoms with Crippen LogP contribution in [0.5, 0.6) is 0 Å². The third-order valence-corrected chi connectivity index (χ3v) is 0. The molecule has 0 spiro atoms. The Morgan fingerprint density at radius 2 is 0.520 bits per heavy atom. The summed E-state index contributed by atoms with van der Waals surface area (Å²) in [5, 5.41) is 59.0. The van der Waals surface area contributed by atoms with E-state index in [0.29, 0.717) is 12.1 Å². The SMILES string of the molecule is CC(C)N.CC(C)N.O=[N+]([O-])[O-].O=[N+]([O-])[O-].O=[N+]([O-])[O-].O=[N+]([O-])[O-].[Pt+4]. The summed E-state index contributed by atoms with van der Waals surface area (Å²) in [7, 11) is 0. The maximum absolute atomic E-state index is 8.25. The predicted octanol–water partition coefficient (Wildman–Crippen LogP) is -0.252. The fourth-order valence-electron chi connectivity index (χ4n) is 0. The fraction of sp³-hybridized carbons (Fsp3) is 1.00. The molecule has 0 aromatic rings. The Balaban J connectivity index is -0.0000000309. The van der Waals surface area contributed by atoms with Gasteiger partial charge in [0.2, 0.25) is 0 Å². The molecule has 0 atom stereocenters. The van der Waals surface area contributed by atoms with Gasteiger partial charge in [-0.1, -0.05) is 27.7 Å². The number of rotatable bonds is 0. The smallest absolute Gasteiger partial charge is 0.356 e. The molecule has 0 aliphatic rings. The summed E-state index contributed by atoms with van der Waals surface area (Å²) in [6.45, 7) is 7.78. The molecule has 154 valence electrons. The Morgan fingerprint density at radius 1 is 0.520 bits per heavy atom. The van der Waals surface area contributed by atoms with Gasteiger partial charge in [0.05, 0.1) is 20.3 Å². The third-order valence-electron chi connectivity index (χ3n) is 0. The molecule has 0 aliphatic heterocycles. The zero-order valence-electron chi connectivity index (χ0n) is 13.3. The molecule has 0 aliphatic carbocycles. The van der Waals surface area contributed by atoms with Crippen LogP contribution in [-0.4, -0.2) is 32.4 Å². The minimum Gasteiger partial charge on any atom is -0.356 e. The second-order valence-electron chi connectivity index (χ2n) is 3.38. The van der Waals surface area contributed by atoms with Gasteiger partial charge in [-0.25, -0.2) is 0 Å². The molecule has 0 aromatic heterocycles. The first-order valence-electron chi connectivity index (χ1n) is 5.17. The fourth-order valence-corrected chi connectivity index (χ4v) is 0. The molecule has 4 N–H and O–H groups in total. The summed E-state index contributed by atoms with van der Waals surface area (Å²) >= 11 is 0. The molecule has 18 nitrogen and oxygen atoms in total. The van der Waals surface area contributed by atoms with Crippen LogP contribution in [0.3, 0.4) is 0 Å². The van der Waals surface area contributed by atoms with Crippen LogP contribution in [0.15, 0.2) is 0 Å². The topological polar surface area (TPSA) is 317 Å². The van der Waals surface area contributed by atoms with E-state index in [2.05, 4.69) is 0 Å². The van der Waals surface area contributed by atoms with Crippen LogP contribution in [0.25, 0.3) is 0 Å². The zero-order chi connectivity index (χ0) is 21.5. The van der Waals surface area contributed by atoms with Gasteiger partial charge in [-0.2, -0.15) is 0 Å². The van der Waals surface area contributed by atoms with Crippen LogP contribution in [0.2, 0.25) is 0 Å². The molecule has 25 heavy (non-hydrogen) atoms. The summed E-state index contributed by atoms with van der Waals surface area (Å²) in [6.07, 6.45) is 0. The first-order chi connectivity index (χ1) is 10.4. The number of hydrogen-bond donors (Lipinski definition) is 2. The van der Waals surface area contributed by atoms with Crippen molar-refractivity contribution in [2.24, 2.45) is 11.5 Å². The van der Waals surface area contributed by atoms with Crippen molar-refractivity contribution in [3.63, 3.8) is 0 Å². The van der Waals surface area contributed by atoms with Crippen LogP contribution in [0.1, 0.15) is 27.7 Å². The van der Waals surface area contributed by atoms with Crippen LogP contribution in [0, 0.1) is 61.3 Å².